The number of likely N-dealkylation sites (tertiary alicyclic amines) is 1. The van der Waals surface area contributed by atoms with Gasteiger partial charge in [-0.2, -0.15) is 0 Å². The van der Waals surface area contributed by atoms with Gasteiger partial charge in [0.2, 0.25) is 11.8 Å². The van der Waals surface area contributed by atoms with E-state index < -0.39 is 24.0 Å². The van der Waals surface area contributed by atoms with E-state index in [0.29, 0.717) is 24.4 Å². The first-order valence-electron chi connectivity index (χ1n) is 19.2. The summed E-state index contributed by atoms with van der Waals surface area (Å²) in [5, 5.41) is 5.60. The molecule has 4 heterocycles. The average Bonchev–Trinajstić information content (AvgIpc) is 4.07. The number of alkyl carbamates (subject to hydrolysis) is 1. The number of nitrogens with zero attached hydrogens (tertiary/aromatic N) is 4. The molecule has 5 aromatic rings. The van der Waals surface area contributed by atoms with Crippen molar-refractivity contribution in [3.05, 3.63) is 138 Å². The fourth-order valence-corrected chi connectivity index (χ4v) is 7.42. The SMILES string of the molecule is COC(=O)C[C@@H](C(=O)N1CCC[C@H]1c1ncc(-c2ccc(-c3ccc(C4=CN=C([C@H](C)NC(=O)[C@H](NC(=O)OC)c5ccccc5)C4)cc3)nc2)[nH]1)c1ccccc1. The minimum Gasteiger partial charge on any atom is -0.469 e. The monoisotopic (exact) mass is 779 g/mol. The number of aliphatic imine (C=N–C) groups is 1. The predicted molar refractivity (Wildman–Crippen MR) is 219 cm³/mol. The molecule has 13 heteroatoms. The summed E-state index contributed by atoms with van der Waals surface area (Å²) in [7, 11) is 2.59. The third kappa shape index (κ3) is 8.88. The van der Waals surface area contributed by atoms with Crippen LogP contribution in [-0.2, 0) is 23.9 Å². The van der Waals surface area contributed by atoms with Crippen LogP contribution in [0.5, 0.6) is 0 Å². The van der Waals surface area contributed by atoms with Crippen LogP contribution in [0.25, 0.3) is 28.1 Å². The molecular weight excluding hydrogens is 735 g/mol. The normalized spacial score (nSPS) is 16.4. The Morgan fingerprint density at radius 2 is 1.50 bits per heavy atom. The number of hydrogen-bond donors (Lipinski definition) is 3. The predicted octanol–water partition coefficient (Wildman–Crippen LogP) is 6.94. The number of esters is 1. The number of H-pyrrole nitrogens is 1. The van der Waals surface area contributed by atoms with Gasteiger partial charge in [-0.15, -0.1) is 0 Å². The zero-order valence-corrected chi connectivity index (χ0v) is 32.6. The average molecular weight is 780 g/mol. The smallest absolute Gasteiger partial charge is 0.407 e. The van der Waals surface area contributed by atoms with Crippen LogP contribution in [0.3, 0.4) is 0 Å². The van der Waals surface area contributed by atoms with Crippen molar-refractivity contribution in [2.45, 2.75) is 56.7 Å². The maximum Gasteiger partial charge on any atom is 0.407 e. The fraction of sp³-hybridized carbons (Fsp3) is 0.267. The first-order valence-corrected chi connectivity index (χ1v) is 19.2. The van der Waals surface area contributed by atoms with Gasteiger partial charge in [0.05, 0.1) is 56.2 Å². The number of allylic oxidation sites excluding steroid dienone is 1. The number of ether oxygens (including phenoxy) is 2. The van der Waals surface area contributed by atoms with Crippen molar-refractivity contribution in [1.82, 2.24) is 30.5 Å². The highest BCUT2D eigenvalue weighted by Gasteiger charge is 2.37. The zero-order chi connectivity index (χ0) is 40.6. The third-order valence-electron chi connectivity index (χ3n) is 10.6. The Labute approximate surface area is 336 Å². The van der Waals surface area contributed by atoms with Crippen LogP contribution in [0.4, 0.5) is 4.79 Å². The Morgan fingerprint density at radius 1 is 0.810 bits per heavy atom. The molecule has 0 aliphatic carbocycles. The molecule has 2 aromatic heterocycles. The Kier molecular flexibility index (Phi) is 12.2. The van der Waals surface area contributed by atoms with Gasteiger partial charge in [-0.25, -0.2) is 9.78 Å². The molecule has 4 atom stereocenters. The van der Waals surface area contributed by atoms with E-state index in [9.17, 15) is 19.2 Å². The molecule has 0 spiro atoms. The summed E-state index contributed by atoms with van der Waals surface area (Å²) in [5.41, 5.74) is 7.67. The van der Waals surface area contributed by atoms with Crippen LogP contribution in [0.1, 0.15) is 73.1 Å². The summed E-state index contributed by atoms with van der Waals surface area (Å²) in [6.45, 7) is 2.45. The summed E-state index contributed by atoms with van der Waals surface area (Å²) in [6.07, 6.45) is 6.82. The Bertz CT molecular complexity index is 2310. The lowest BCUT2D eigenvalue weighted by Crippen LogP contribution is -2.45. The van der Waals surface area contributed by atoms with E-state index in [0.717, 1.165) is 57.8 Å². The van der Waals surface area contributed by atoms with E-state index in [4.69, 9.17) is 14.5 Å². The first-order chi connectivity index (χ1) is 28.2. The molecule has 1 saturated heterocycles. The van der Waals surface area contributed by atoms with Gasteiger partial charge in [0.1, 0.15) is 11.9 Å². The van der Waals surface area contributed by atoms with Gasteiger partial charge >= 0.3 is 12.1 Å². The standard InChI is InChI=1S/C45H45N7O6/c1-28(49-43(54)41(51-45(56)58-3)32-13-8-5-9-14-32)37-23-34(26-47-37)29-16-18-31(19-17-29)36-21-20-33(25-46-36)38-27-48-42(50-38)39-15-10-22-52(39)44(55)35(24-40(53)57-2)30-11-6-4-7-12-30/h4-9,11-14,16-21,25-28,35,39,41H,10,15,22-24H2,1-3H3,(H,48,50)(H,49,54)(H,51,56)/t28-,35+,39-,41+/m0/s1. The van der Waals surface area contributed by atoms with Gasteiger partial charge in [0.25, 0.3) is 0 Å². The number of hydrogen-bond acceptors (Lipinski definition) is 9. The number of carbonyl (C=O) groups is 4. The summed E-state index contributed by atoms with van der Waals surface area (Å²) in [4.78, 5) is 70.8. The van der Waals surface area contributed by atoms with Gasteiger partial charge in [0, 0.05) is 42.2 Å². The first kappa shape index (κ1) is 39.3. The summed E-state index contributed by atoms with van der Waals surface area (Å²) >= 11 is 0. The van der Waals surface area contributed by atoms with Gasteiger partial charge < -0.3 is 30.0 Å². The van der Waals surface area contributed by atoms with Crippen molar-refractivity contribution >= 4 is 35.2 Å². The van der Waals surface area contributed by atoms with E-state index in [2.05, 4.69) is 25.6 Å². The maximum absolute atomic E-state index is 13.9. The van der Waals surface area contributed by atoms with E-state index >= 15 is 0 Å². The molecule has 0 saturated carbocycles. The van der Waals surface area contributed by atoms with Gasteiger partial charge in [-0.3, -0.25) is 24.4 Å². The molecule has 2 aliphatic rings. The van der Waals surface area contributed by atoms with Crippen LogP contribution in [0, 0.1) is 0 Å². The number of methoxy groups -OCH3 is 2. The van der Waals surface area contributed by atoms with Crippen LogP contribution >= 0.6 is 0 Å². The largest absolute Gasteiger partial charge is 0.469 e. The molecule has 2 aliphatic heterocycles. The Morgan fingerprint density at radius 3 is 2.17 bits per heavy atom. The topological polar surface area (TPSA) is 168 Å². The highest BCUT2D eigenvalue weighted by molar-refractivity contribution is 6.03. The molecule has 3 aromatic carbocycles. The summed E-state index contributed by atoms with van der Waals surface area (Å²) in [5.74, 6) is -0.859. The molecule has 58 heavy (non-hydrogen) atoms. The van der Waals surface area contributed by atoms with E-state index in [1.54, 1.807) is 36.7 Å². The second-order valence-corrected chi connectivity index (χ2v) is 14.3. The number of aromatic nitrogens is 3. The molecule has 3 N–H and O–H groups in total. The van der Waals surface area contributed by atoms with Gasteiger partial charge in [-0.05, 0) is 54.2 Å². The molecule has 3 amide bonds. The molecule has 296 valence electrons. The number of carbonyl (C=O) groups excluding carboxylic acids is 4. The van der Waals surface area contributed by atoms with Crippen LogP contribution in [-0.4, -0.2) is 76.2 Å². The quantitative estimate of drug-likeness (QED) is 0.108. The number of aromatic amines is 1. The second-order valence-electron chi connectivity index (χ2n) is 14.3. The van der Waals surface area contributed by atoms with Crippen LogP contribution in [0.2, 0.25) is 0 Å². The van der Waals surface area contributed by atoms with E-state index in [-0.39, 0.29) is 30.3 Å². The van der Waals surface area contributed by atoms with Crippen molar-refractivity contribution in [3.8, 4) is 22.5 Å². The van der Waals surface area contributed by atoms with Crippen molar-refractivity contribution in [2.24, 2.45) is 4.99 Å². The van der Waals surface area contributed by atoms with E-state index in [1.165, 1.54) is 14.2 Å². The van der Waals surface area contributed by atoms with Crippen LogP contribution in [0.15, 0.2) is 121 Å². The molecule has 13 nitrogen and oxygen atoms in total. The van der Waals surface area contributed by atoms with Gasteiger partial charge in [0.15, 0.2) is 0 Å². The molecule has 0 bridgehead atoms. The summed E-state index contributed by atoms with van der Waals surface area (Å²) < 4.78 is 9.67. The lowest BCUT2D eigenvalue weighted by molar-refractivity contribution is -0.145. The molecule has 0 radical (unpaired) electrons. The van der Waals surface area contributed by atoms with Crippen LogP contribution < -0.4 is 10.6 Å². The zero-order valence-electron chi connectivity index (χ0n) is 32.6. The second kappa shape index (κ2) is 17.9. The highest BCUT2D eigenvalue weighted by Crippen LogP contribution is 2.36. The number of imidazole rings is 1. The number of rotatable bonds is 13. The molecular formula is C45H45N7O6. The van der Waals surface area contributed by atoms with Gasteiger partial charge in [-0.1, -0.05) is 84.9 Å². The summed E-state index contributed by atoms with van der Waals surface area (Å²) in [6, 6.07) is 28.9. The Hall–Kier alpha value is -6.89. The fourth-order valence-electron chi connectivity index (χ4n) is 7.42. The van der Waals surface area contributed by atoms with Crippen molar-refractivity contribution < 1.29 is 28.7 Å². The number of amides is 3. The molecule has 7 rings (SSSR count). The highest BCUT2D eigenvalue weighted by atomic mass is 16.5. The third-order valence-corrected chi connectivity index (χ3v) is 10.6. The number of nitrogens with one attached hydrogen (secondary N) is 3. The maximum atomic E-state index is 13.9. The van der Waals surface area contributed by atoms with E-state index in [1.807, 2.05) is 90.8 Å². The van der Waals surface area contributed by atoms with Crippen molar-refractivity contribution in [2.75, 3.05) is 20.8 Å². The Balaban J connectivity index is 0.962. The molecule has 1 fully saturated rings. The lowest BCUT2D eigenvalue weighted by atomic mass is 9.94. The number of benzene rings is 3. The minimum atomic E-state index is -0.919. The van der Waals surface area contributed by atoms with Crippen molar-refractivity contribution in [3.63, 3.8) is 0 Å². The number of pyridine rings is 1. The molecule has 0 unspecified atom stereocenters. The lowest BCUT2D eigenvalue weighted by Gasteiger charge is -2.28. The van der Waals surface area contributed by atoms with Crippen molar-refractivity contribution in [1.29, 1.82) is 0 Å². The minimum absolute atomic E-state index is 0.0313.